The van der Waals surface area contributed by atoms with E-state index in [1.807, 2.05) is 36.4 Å². The fraction of sp³-hybridized carbons (Fsp3) is 0.125. The molecule has 3 rings (SSSR count). The molecule has 3 aromatic carbocycles. The van der Waals surface area contributed by atoms with Crippen molar-refractivity contribution in [3.05, 3.63) is 77.9 Å². The van der Waals surface area contributed by atoms with Gasteiger partial charge in [-0.05, 0) is 60.2 Å². The van der Waals surface area contributed by atoms with Crippen LogP contribution >= 0.6 is 0 Å². The average Bonchev–Trinajstić information content (AvgIpc) is 2.81. The molecule has 0 amide bonds. The number of hydrogen-bond acceptors (Lipinski definition) is 7. The molecule has 172 valence electrons. The Morgan fingerprint density at radius 2 is 1.45 bits per heavy atom. The number of rotatable bonds is 8. The molecular formula is C24H25N3O5S. The third-order valence-corrected chi connectivity index (χ3v) is 5.67. The van der Waals surface area contributed by atoms with Gasteiger partial charge in [-0.1, -0.05) is 18.2 Å². The summed E-state index contributed by atoms with van der Waals surface area (Å²) in [7, 11) is 0.870. The maximum Gasteiger partial charge on any atom is 0.238 e. The van der Waals surface area contributed by atoms with Crippen LogP contribution in [0.3, 0.4) is 0 Å². The van der Waals surface area contributed by atoms with E-state index in [1.54, 1.807) is 45.6 Å². The van der Waals surface area contributed by atoms with Crippen LogP contribution in [0.15, 0.2) is 76.6 Å². The van der Waals surface area contributed by atoms with Crippen molar-refractivity contribution in [2.45, 2.75) is 4.90 Å². The lowest BCUT2D eigenvalue weighted by Gasteiger charge is -2.13. The van der Waals surface area contributed by atoms with Crippen molar-refractivity contribution in [3.8, 4) is 17.2 Å². The molecule has 3 aromatic rings. The minimum Gasteiger partial charge on any atom is -0.493 e. The van der Waals surface area contributed by atoms with Gasteiger partial charge in [0.25, 0.3) is 0 Å². The van der Waals surface area contributed by atoms with Crippen molar-refractivity contribution in [2.24, 2.45) is 10.1 Å². The molecule has 9 heteroatoms. The summed E-state index contributed by atoms with van der Waals surface area (Å²) in [5.74, 6) is 1.56. The Balaban J connectivity index is 2.05. The lowest BCUT2D eigenvalue weighted by molar-refractivity contribution is 0.324. The van der Waals surface area contributed by atoms with Gasteiger partial charge in [-0.25, -0.2) is 18.5 Å². The largest absolute Gasteiger partial charge is 0.493 e. The molecule has 4 N–H and O–H groups in total. The van der Waals surface area contributed by atoms with Gasteiger partial charge in [0.15, 0.2) is 11.5 Å². The number of hydrogen-bond donors (Lipinski definition) is 2. The standard InChI is InChI=1S/C24H25N3O5S/c1-30-22-14-16(15-23(31-2)24(22)32-3)4-13-21(17-5-7-18(25)8-6-17)27-19-9-11-20(12-10-19)33(26,28)29/h4-15H,25H2,1-3H3,(H2,26,28,29)/b13-4+,27-21?. The summed E-state index contributed by atoms with van der Waals surface area (Å²) < 4.78 is 39.2. The molecule has 0 fully saturated rings. The van der Waals surface area contributed by atoms with Crippen LogP contribution in [-0.4, -0.2) is 35.5 Å². The zero-order valence-corrected chi connectivity index (χ0v) is 19.3. The Morgan fingerprint density at radius 1 is 0.879 bits per heavy atom. The second-order valence-electron chi connectivity index (χ2n) is 6.95. The van der Waals surface area contributed by atoms with E-state index < -0.39 is 10.0 Å². The van der Waals surface area contributed by atoms with Gasteiger partial charge in [0, 0.05) is 11.3 Å². The third-order valence-electron chi connectivity index (χ3n) is 4.74. The molecule has 0 spiro atoms. The monoisotopic (exact) mass is 467 g/mol. The molecule has 0 unspecified atom stereocenters. The van der Waals surface area contributed by atoms with Gasteiger partial charge in [-0.3, -0.25) is 0 Å². The SMILES string of the molecule is COc1cc(/C=C/C(=Nc2ccc(S(N)(=O)=O)cc2)c2ccc(N)cc2)cc(OC)c1OC. The number of anilines is 1. The van der Waals surface area contributed by atoms with Crippen LogP contribution in [0.1, 0.15) is 11.1 Å². The Morgan fingerprint density at radius 3 is 1.94 bits per heavy atom. The number of sulfonamides is 1. The van der Waals surface area contributed by atoms with Crippen LogP contribution in [0, 0.1) is 0 Å². The van der Waals surface area contributed by atoms with Crippen molar-refractivity contribution >= 4 is 33.2 Å². The quantitative estimate of drug-likeness (QED) is 0.384. The predicted molar refractivity (Wildman–Crippen MR) is 130 cm³/mol. The van der Waals surface area contributed by atoms with E-state index in [2.05, 4.69) is 4.99 Å². The first kappa shape index (κ1) is 23.8. The second-order valence-corrected chi connectivity index (χ2v) is 8.51. The molecule has 0 aliphatic heterocycles. The number of nitrogen functional groups attached to an aromatic ring is 1. The molecule has 0 heterocycles. The summed E-state index contributed by atoms with van der Waals surface area (Å²) in [6, 6.07) is 16.9. The first-order chi connectivity index (χ1) is 15.7. The normalized spacial score (nSPS) is 12.1. The number of nitrogens with two attached hydrogens (primary N) is 2. The predicted octanol–water partition coefficient (Wildman–Crippen LogP) is 3.78. The molecule has 33 heavy (non-hydrogen) atoms. The summed E-state index contributed by atoms with van der Waals surface area (Å²) in [4.78, 5) is 4.70. The molecular weight excluding hydrogens is 442 g/mol. The number of benzene rings is 3. The summed E-state index contributed by atoms with van der Waals surface area (Å²) in [5.41, 5.74) is 9.27. The second kappa shape index (κ2) is 10.2. The number of primary sulfonamides is 1. The lowest BCUT2D eigenvalue weighted by atomic mass is 10.1. The van der Waals surface area contributed by atoms with Crippen LogP contribution < -0.4 is 25.1 Å². The Kier molecular flexibility index (Phi) is 7.37. The molecule has 8 nitrogen and oxygen atoms in total. The summed E-state index contributed by atoms with van der Waals surface area (Å²) in [6.45, 7) is 0. The van der Waals surface area contributed by atoms with E-state index in [1.165, 1.54) is 12.1 Å². The van der Waals surface area contributed by atoms with Gasteiger partial charge in [-0.15, -0.1) is 0 Å². The van der Waals surface area contributed by atoms with Crippen LogP contribution in [-0.2, 0) is 10.0 Å². The van der Waals surface area contributed by atoms with Crippen LogP contribution in [0.5, 0.6) is 17.2 Å². The first-order valence-corrected chi connectivity index (χ1v) is 11.4. The maximum absolute atomic E-state index is 11.5. The van der Waals surface area contributed by atoms with Crippen molar-refractivity contribution in [3.63, 3.8) is 0 Å². The number of ether oxygens (including phenoxy) is 3. The number of methoxy groups -OCH3 is 3. The van der Waals surface area contributed by atoms with Gasteiger partial charge in [0.1, 0.15) is 0 Å². The minimum atomic E-state index is -3.78. The smallest absolute Gasteiger partial charge is 0.238 e. The van der Waals surface area contributed by atoms with Crippen molar-refractivity contribution in [1.29, 1.82) is 0 Å². The molecule has 0 aliphatic rings. The fourth-order valence-corrected chi connectivity index (χ4v) is 3.59. The van der Waals surface area contributed by atoms with Gasteiger partial charge < -0.3 is 19.9 Å². The molecule has 0 aromatic heterocycles. The Labute approximate surface area is 193 Å². The van der Waals surface area contributed by atoms with E-state index >= 15 is 0 Å². The van der Waals surface area contributed by atoms with Crippen molar-refractivity contribution in [1.82, 2.24) is 0 Å². The molecule has 0 saturated heterocycles. The first-order valence-electron chi connectivity index (χ1n) is 9.80. The van der Waals surface area contributed by atoms with Crippen LogP contribution in [0.25, 0.3) is 6.08 Å². The van der Waals surface area contributed by atoms with Gasteiger partial charge >= 0.3 is 0 Å². The minimum absolute atomic E-state index is 0.0171. The number of aliphatic imine (C=N–C) groups is 1. The number of nitrogens with zero attached hydrogens (tertiary/aromatic N) is 1. The van der Waals surface area contributed by atoms with E-state index in [4.69, 9.17) is 25.1 Å². The van der Waals surface area contributed by atoms with Crippen LogP contribution in [0.4, 0.5) is 11.4 Å². The van der Waals surface area contributed by atoms with E-state index in [9.17, 15) is 8.42 Å². The van der Waals surface area contributed by atoms with Crippen molar-refractivity contribution < 1.29 is 22.6 Å². The van der Waals surface area contributed by atoms with Gasteiger partial charge in [0.05, 0.1) is 37.6 Å². The van der Waals surface area contributed by atoms with E-state index in [0.29, 0.717) is 34.3 Å². The molecule has 0 atom stereocenters. The zero-order valence-electron chi connectivity index (χ0n) is 18.5. The lowest BCUT2D eigenvalue weighted by Crippen LogP contribution is -2.11. The highest BCUT2D eigenvalue weighted by atomic mass is 32.2. The van der Waals surface area contributed by atoms with E-state index in [0.717, 1.165) is 11.1 Å². The van der Waals surface area contributed by atoms with E-state index in [-0.39, 0.29) is 4.90 Å². The maximum atomic E-state index is 11.5. The Hall–Kier alpha value is -3.82. The molecule has 0 saturated carbocycles. The van der Waals surface area contributed by atoms with Crippen LogP contribution in [0.2, 0.25) is 0 Å². The highest BCUT2D eigenvalue weighted by molar-refractivity contribution is 7.89. The fourth-order valence-electron chi connectivity index (χ4n) is 3.07. The Bertz CT molecular complexity index is 1260. The van der Waals surface area contributed by atoms with Gasteiger partial charge in [-0.2, -0.15) is 0 Å². The average molecular weight is 468 g/mol. The van der Waals surface area contributed by atoms with Crippen molar-refractivity contribution in [2.75, 3.05) is 27.1 Å². The highest BCUT2D eigenvalue weighted by Gasteiger charge is 2.12. The van der Waals surface area contributed by atoms with Gasteiger partial charge in [0.2, 0.25) is 15.8 Å². The molecule has 0 bridgehead atoms. The summed E-state index contributed by atoms with van der Waals surface area (Å²) in [6.07, 6.45) is 3.69. The number of allylic oxidation sites excluding steroid dienone is 1. The summed E-state index contributed by atoms with van der Waals surface area (Å²) >= 11 is 0. The topological polar surface area (TPSA) is 126 Å². The molecule has 0 radical (unpaired) electrons. The third kappa shape index (κ3) is 5.91. The highest BCUT2D eigenvalue weighted by Crippen LogP contribution is 2.38. The molecule has 0 aliphatic carbocycles. The zero-order chi connectivity index (χ0) is 24.0. The summed E-state index contributed by atoms with van der Waals surface area (Å²) in [5, 5.41) is 5.18.